The smallest absolute Gasteiger partial charge is 0.308 e. The van der Waals surface area contributed by atoms with Crippen LogP contribution < -0.4 is 0 Å². The maximum Gasteiger partial charge on any atom is 0.308 e. The maximum absolute atomic E-state index is 10.5. The van der Waals surface area contributed by atoms with Gasteiger partial charge in [-0.15, -0.1) is 0 Å². The zero-order valence-electron chi connectivity index (χ0n) is 10.2. The molecule has 0 aliphatic heterocycles. The van der Waals surface area contributed by atoms with Gasteiger partial charge in [-0.1, -0.05) is 27.7 Å². The zero-order chi connectivity index (χ0) is 12.4. The molecule has 1 N–H and O–H groups in total. The Morgan fingerprint density at radius 3 is 1.60 bits per heavy atom. The summed E-state index contributed by atoms with van der Waals surface area (Å²) in [6, 6.07) is 0. The van der Waals surface area contributed by atoms with Gasteiger partial charge in [-0.3, -0.25) is 9.59 Å². The van der Waals surface area contributed by atoms with Crippen LogP contribution in [0.4, 0.5) is 0 Å². The minimum absolute atomic E-state index is 0.0556. The molecule has 0 radical (unpaired) electrons. The van der Waals surface area contributed by atoms with Gasteiger partial charge in [-0.05, 0) is 12.8 Å². The highest BCUT2D eigenvalue weighted by atomic mass is 16.5. The van der Waals surface area contributed by atoms with Crippen molar-refractivity contribution in [3.8, 4) is 0 Å². The van der Waals surface area contributed by atoms with Crippen LogP contribution in [0.1, 0.15) is 40.5 Å². The molecule has 2 unspecified atom stereocenters. The average molecular weight is 218 g/mol. The van der Waals surface area contributed by atoms with Crippen LogP contribution in [0, 0.1) is 11.8 Å². The number of hydrogen-bond acceptors (Lipinski definition) is 3. The Morgan fingerprint density at radius 2 is 1.53 bits per heavy atom. The van der Waals surface area contributed by atoms with Crippen molar-refractivity contribution >= 4 is 11.9 Å². The van der Waals surface area contributed by atoms with Crippen molar-refractivity contribution in [2.45, 2.75) is 40.5 Å². The highest BCUT2D eigenvalue weighted by Crippen LogP contribution is 2.00. The summed E-state index contributed by atoms with van der Waals surface area (Å²) < 4.78 is 4.46. The summed E-state index contributed by atoms with van der Waals surface area (Å²) in [5.74, 6) is -0.949. The van der Waals surface area contributed by atoms with E-state index in [4.69, 9.17) is 5.11 Å². The Bertz CT molecular complexity index is 189. The number of carboxylic acid groups (broad SMARTS) is 1. The molecule has 2 atom stereocenters. The Morgan fingerprint density at radius 1 is 1.13 bits per heavy atom. The second-order valence-electron chi connectivity index (χ2n) is 3.48. The van der Waals surface area contributed by atoms with Crippen molar-refractivity contribution in [1.29, 1.82) is 0 Å². The average Bonchev–Trinajstić information content (AvgIpc) is 2.26. The van der Waals surface area contributed by atoms with Crippen molar-refractivity contribution in [2.75, 3.05) is 7.11 Å². The quantitative estimate of drug-likeness (QED) is 0.735. The van der Waals surface area contributed by atoms with Crippen molar-refractivity contribution in [1.82, 2.24) is 0 Å². The molecule has 15 heavy (non-hydrogen) atoms. The largest absolute Gasteiger partial charge is 0.481 e. The molecule has 4 heteroatoms. The molecule has 90 valence electrons. The molecule has 0 spiro atoms. The van der Waals surface area contributed by atoms with Gasteiger partial charge >= 0.3 is 11.9 Å². The lowest BCUT2D eigenvalue weighted by Gasteiger charge is -2.02. The number of carbonyl (C=O) groups is 2. The van der Waals surface area contributed by atoms with Crippen LogP contribution in [-0.4, -0.2) is 24.2 Å². The third kappa shape index (κ3) is 9.25. The molecule has 0 saturated carbocycles. The summed E-state index contributed by atoms with van der Waals surface area (Å²) in [7, 11) is 1.41. The molecule has 0 fully saturated rings. The fraction of sp³-hybridized carbons (Fsp3) is 0.818. The topological polar surface area (TPSA) is 63.6 Å². The van der Waals surface area contributed by atoms with Crippen LogP contribution in [0.3, 0.4) is 0 Å². The number of carboxylic acids is 1. The number of methoxy groups -OCH3 is 1. The van der Waals surface area contributed by atoms with E-state index in [-0.39, 0.29) is 17.8 Å². The lowest BCUT2D eigenvalue weighted by molar-refractivity contribution is -0.145. The second-order valence-corrected chi connectivity index (χ2v) is 3.48. The lowest BCUT2D eigenvalue weighted by atomic mass is 10.1. The molecule has 0 aromatic carbocycles. The number of carbonyl (C=O) groups excluding carboxylic acids is 1. The van der Waals surface area contributed by atoms with E-state index < -0.39 is 5.97 Å². The van der Waals surface area contributed by atoms with E-state index in [1.165, 1.54) is 7.11 Å². The van der Waals surface area contributed by atoms with Crippen LogP contribution in [0.5, 0.6) is 0 Å². The Kier molecular flexibility index (Phi) is 10.4. The van der Waals surface area contributed by atoms with Gasteiger partial charge in [0.05, 0.1) is 18.9 Å². The van der Waals surface area contributed by atoms with Crippen LogP contribution in [0.15, 0.2) is 0 Å². The highest BCUT2D eigenvalue weighted by Gasteiger charge is 2.08. The Hall–Kier alpha value is -1.06. The van der Waals surface area contributed by atoms with Gasteiger partial charge in [0.2, 0.25) is 0 Å². The number of esters is 1. The van der Waals surface area contributed by atoms with Gasteiger partial charge in [-0.25, -0.2) is 0 Å². The van der Waals surface area contributed by atoms with Gasteiger partial charge in [-0.2, -0.15) is 0 Å². The second kappa shape index (κ2) is 9.49. The predicted octanol–water partition coefficient (Wildman–Crippen LogP) is 2.32. The summed E-state index contributed by atoms with van der Waals surface area (Å²) in [4.78, 5) is 20.5. The fourth-order valence-electron chi connectivity index (χ4n) is 0.542. The van der Waals surface area contributed by atoms with E-state index in [0.717, 1.165) is 12.8 Å². The molecule has 0 saturated heterocycles. The monoisotopic (exact) mass is 218 g/mol. The molecule has 0 bridgehead atoms. The molecular weight excluding hydrogens is 196 g/mol. The van der Waals surface area contributed by atoms with Gasteiger partial charge in [0.15, 0.2) is 0 Å². The third-order valence-corrected chi connectivity index (χ3v) is 2.25. The van der Waals surface area contributed by atoms with Crippen LogP contribution in [0.25, 0.3) is 0 Å². The van der Waals surface area contributed by atoms with Crippen LogP contribution in [0.2, 0.25) is 0 Å². The van der Waals surface area contributed by atoms with E-state index >= 15 is 0 Å². The molecule has 0 heterocycles. The number of ether oxygens (including phenoxy) is 1. The molecule has 0 aromatic heterocycles. The number of hydrogen-bond donors (Lipinski definition) is 1. The minimum Gasteiger partial charge on any atom is -0.481 e. The van der Waals surface area contributed by atoms with E-state index in [2.05, 4.69) is 4.74 Å². The lowest BCUT2D eigenvalue weighted by Crippen LogP contribution is -2.10. The first-order valence-corrected chi connectivity index (χ1v) is 5.21. The van der Waals surface area contributed by atoms with E-state index in [1.54, 1.807) is 6.92 Å². The van der Waals surface area contributed by atoms with Crippen LogP contribution in [-0.2, 0) is 14.3 Å². The van der Waals surface area contributed by atoms with Crippen molar-refractivity contribution in [2.24, 2.45) is 11.8 Å². The summed E-state index contributed by atoms with van der Waals surface area (Å²) in [6.45, 7) is 7.37. The first-order valence-electron chi connectivity index (χ1n) is 5.21. The maximum atomic E-state index is 10.5. The van der Waals surface area contributed by atoms with Gasteiger partial charge in [0, 0.05) is 0 Å². The summed E-state index contributed by atoms with van der Waals surface area (Å²) in [6.07, 6.45) is 1.57. The first-order chi connectivity index (χ1) is 6.90. The molecule has 0 aliphatic carbocycles. The van der Waals surface area contributed by atoms with E-state index in [0.29, 0.717) is 0 Å². The minimum atomic E-state index is -0.706. The fourth-order valence-corrected chi connectivity index (χ4v) is 0.542. The van der Waals surface area contributed by atoms with Gasteiger partial charge < -0.3 is 9.84 Å². The molecular formula is C11H22O4. The number of aliphatic carboxylic acids is 1. The molecule has 0 amide bonds. The Labute approximate surface area is 91.6 Å². The summed E-state index contributed by atoms with van der Waals surface area (Å²) in [5, 5.41) is 8.18. The SMILES string of the molecule is CCC(C)C(=O)O.CCC(C)C(=O)OC. The molecule has 0 rings (SSSR count). The predicted molar refractivity (Wildman–Crippen MR) is 58.6 cm³/mol. The standard InChI is InChI=1S/C6H12O2.C5H10O2/c1-4-5(2)6(7)8-3;1-3-4(2)5(6)7/h5H,4H2,1-3H3;4H,3H2,1-2H3,(H,6,7). The van der Waals surface area contributed by atoms with Gasteiger partial charge in [0.1, 0.15) is 0 Å². The van der Waals surface area contributed by atoms with Crippen molar-refractivity contribution < 1.29 is 19.4 Å². The number of rotatable bonds is 4. The Balaban J connectivity index is 0. The van der Waals surface area contributed by atoms with E-state index in [9.17, 15) is 9.59 Å². The normalized spacial score (nSPS) is 13.1. The van der Waals surface area contributed by atoms with Crippen LogP contribution >= 0.6 is 0 Å². The first kappa shape index (κ1) is 16.4. The van der Waals surface area contributed by atoms with E-state index in [1.807, 2.05) is 20.8 Å². The molecule has 4 nitrogen and oxygen atoms in total. The third-order valence-electron chi connectivity index (χ3n) is 2.25. The zero-order valence-corrected chi connectivity index (χ0v) is 10.2. The van der Waals surface area contributed by atoms with Crippen molar-refractivity contribution in [3.05, 3.63) is 0 Å². The molecule has 0 aliphatic rings. The van der Waals surface area contributed by atoms with Gasteiger partial charge in [0.25, 0.3) is 0 Å². The summed E-state index contributed by atoms with van der Waals surface area (Å²) >= 11 is 0. The molecule has 0 aromatic rings. The highest BCUT2D eigenvalue weighted by molar-refractivity contribution is 5.71. The van der Waals surface area contributed by atoms with Crippen molar-refractivity contribution in [3.63, 3.8) is 0 Å². The summed E-state index contributed by atoms with van der Waals surface area (Å²) in [5.41, 5.74) is 0.